The molecule has 0 aliphatic rings. The van der Waals surface area contributed by atoms with Crippen LogP contribution in [-0.2, 0) is 0 Å². The summed E-state index contributed by atoms with van der Waals surface area (Å²) in [5, 5.41) is 2.75. The van der Waals surface area contributed by atoms with Crippen LogP contribution in [0.15, 0.2) is 18.3 Å². The summed E-state index contributed by atoms with van der Waals surface area (Å²) in [4.78, 5) is 4.26. The first-order valence-electron chi connectivity index (χ1n) is 6.17. The molecule has 0 amide bonds. The number of hydrogen-bond donors (Lipinski definition) is 1. The number of aryl methyl sites for hydroxylation is 2. The second kappa shape index (κ2) is 4.99. The highest BCUT2D eigenvalue weighted by Gasteiger charge is 2.15. The largest absolute Gasteiger partial charge is 0.321 e. The molecule has 1 heterocycles. The highest BCUT2D eigenvalue weighted by molar-refractivity contribution is 5.57. The Bertz CT molecular complexity index is 603. The van der Waals surface area contributed by atoms with Gasteiger partial charge in [-0.1, -0.05) is 6.07 Å². The van der Waals surface area contributed by atoms with Crippen LogP contribution >= 0.6 is 0 Å². The number of nitrogens with zero attached hydrogens (tertiary/aromatic N) is 2. The molecule has 102 valence electrons. The van der Waals surface area contributed by atoms with E-state index in [1.807, 2.05) is 31.5 Å². The maximum Gasteiger partial charge on any atom is 0.207 e. The van der Waals surface area contributed by atoms with Crippen LogP contribution in [0.4, 0.5) is 20.4 Å². The molecule has 0 aliphatic carbocycles. The summed E-state index contributed by atoms with van der Waals surface area (Å²) in [6, 6.07) is 2.81. The molecule has 0 radical (unpaired) electrons. The van der Waals surface area contributed by atoms with E-state index in [2.05, 4.69) is 10.3 Å². The number of benzene rings is 1. The lowest BCUT2D eigenvalue weighted by Crippen LogP contribution is -2.07. The van der Waals surface area contributed by atoms with E-state index in [1.165, 1.54) is 12.1 Å². The Labute approximate surface area is 111 Å². The van der Waals surface area contributed by atoms with E-state index in [1.54, 1.807) is 6.92 Å². The second-order valence-electron chi connectivity index (χ2n) is 4.89. The van der Waals surface area contributed by atoms with Gasteiger partial charge in [-0.3, -0.25) is 0 Å². The van der Waals surface area contributed by atoms with Gasteiger partial charge in [-0.15, -0.1) is 0 Å². The van der Waals surface area contributed by atoms with Gasteiger partial charge in [0.1, 0.15) is 11.5 Å². The number of rotatable bonds is 3. The minimum Gasteiger partial charge on any atom is -0.321 e. The fourth-order valence-electron chi connectivity index (χ4n) is 1.89. The Kier molecular flexibility index (Phi) is 3.55. The van der Waals surface area contributed by atoms with Crippen molar-refractivity contribution in [2.75, 3.05) is 5.32 Å². The van der Waals surface area contributed by atoms with Crippen molar-refractivity contribution >= 4 is 11.6 Å². The Morgan fingerprint density at radius 2 is 1.89 bits per heavy atom. The minimum atomic E-state index is -0.626. The number of aromatic nitrogens is 2. The zero-order valence-electron chi connectivity index (χ0n) is 11.5. The Hall–Kier alpha value is -1.91. The third-order valence-electron chi connectivity index (χ3n) is 2.93. The van der Waals surface area contributed by atoms with Gasteiger partial charge in [0, 0.05) is 12.2 Å². The Morgan fingerprint density at radius 3 is 2.53 bits per heavy atom. The molecule has 1 aromatic heterocycles. The monoisotopic (exact) mass is 265 g/mol. The lowest BCUT2D eigenvalue weighted by molar-refractivity contribution is 0.579. The van der Waals surface area contributed by atoms with Gasteiger partial charge in [-0.05, 0) is 39.3 Å². The van der Waals surface area contributed by atoms with Crippen LogP contribution < -0.4 is 5.32 Å². The quantitative estimate of drug-likeness (QED) is 0.905. The van der Waals surface area contributed by atoms with Crippen LogP contribution in [0, 0.1) is 25.5 Å². The molecule has 0 fully saturated rings. The van der Waals surface area contributed by atoms with Gasteiger partial charge in [-0.2, -0.15) is 0 Å². The molecule has 0 aliphatic heterocycles. The van der Waals surface area contributed by atoms with Crippen LogP contribution in [0.25, 0.3) is 0 Å². The highest BCUT2D eigenvalue weighted by Crippen LogP contribution is 2.26. The maximum atomic E-state index is 13.9. The molecule has 5 heteroatoms. The van der Waals surface area contributed by atoms with Crippen molar-refractivity contribution in [3.63, 3.8) is 0 Å². The normalized spacial score (nSPS) is 11.1. The van der Waals surface area contributed by atoms with Gasteiger partial charge >= 0.3 is 0 Å². The fraction of sp³-hybridized carbons (Fsp3) is 0.357. The summed E-state index contributed by atoms with van der Waals surface area (Å²) in [6.07, 6.45) is 1.85. The number of nitrogens with one attached hydrogen (secondary N) is 1. The second-order valence-corrected chi connectivity index (χ2v) is 4.89. The third-order valence-corrected chi connectivity index (χ3v) is 2.93. The summed E-state index contributed by atoms with van der Waals surface area (Å²) in [7, 11) is 0. The van der Waals surface area contributed by atoms with Gasteiger partial charge in [0.15, 0.2) is 5.82 Å². The molecule has 0 saturated carbocycles. The van der Waals surface area contributed by atoms with Crippen molar-refractivity contribution in [1.29, 1.82) is 0 Å². The van der Waals surface area contributed by atoms with Crippen molar-refractivity contribution in [2.24, 2.45) is 0 Å². The maximum absolute atomic E-state index is 13.9. The summed E-state index contributed by atoms with van der Waals surface area (Å²) in [6.45, 7) is 7.40. The van der Waals surface area contributed by atoms with Crippen molar-refractivity contribution in [3.8, 4) is 0 Å². The molecule has 0 atom stereocenters. The standard InChI is InChI=1S/C14H17F2N3/c1-8(2)19-7-10(4)17-14(19)18-13-11(15)6-5-9(3)12(13)16/h5-8H,1-4H3,(H,17,18). The molecule has 3 nitrogen and oxygen atoms in total. The highest BCUT2D eigenvalue weighted by atomic mass is 19.1. The molecule has 0 bridgehead atoms. The molecule has 1 N–H and O–H groups in total. The predicted octanol–water partition coefficient (Wildman–Crippen LogP) is 4.10. The SMILES string of the molecule is Cc1cn(C(C)C)c(Nc2c(F)ccc(C)c2F)n1. The molecule has 2 aromatic rings. The van der Waals surface area contributed by atoms with Gasteiger partial charge < -0.3 is 9.88 Å². The van der Waals surface area contributed by atoms with Crippen LogP contribution in [0.5, 0.6) is 0 Å². The molecule has 0 saturated heterocycles. The molecule has 0 spiro atoms. The van der Waals surface area contributed by atoms with Gasteiger partial charge in [-0.25, -0.2) is 13.8 Å². The number of imidazole rings is 1. The summed E-state index contributed by atoms with van der Waals surface area (Å²) >= 11 is 0. The molecule has 1 aromatic carbocycles. The number of halogens is 2. The third kappa shape index (κ3) is 2.59. The van der Waals surface area contributed by atoms with E-state index in [-0.39, 0.29) is 11.7 Å². The van der Waals surface area contributed by atoms with E-state index in [9.17, 15) is 8.78 Å². The average Bonchev–Trinajstić information content (AvgIpc) is 2.71. The predicted molar refractivity (Wildman–Crippen MR) is 71.7 cm³/mol. The lowest BCUT2D eigenvalue weighted by atomic mass is 10.2. The Morgan fingerprint density at radius 1 is 1.21 bits per heavy atom. The van der Waals surface area contributed by atoms with Gasteiger partial charge in [0.25, 0.3) is 0 Å². The molecule has 0 unspecified atom stereocenters. The van der Waals surface area contributed by atoms with Crippen molar-refractivity contribution in [2.45, 2.75) is 33.7 Å². The zero-order chi connectivity index (χ0) is 14.2. The zero-order valence-corrected chi connectivity index (χ0v) is 11.5. The van der Waals surface area contributed by atoms with Crippen molar-refractivity contribution in [3.05, 3.63) is 41.2 Å². The van der Waals surface area contributed by atoms with Gasteiger partial charge in [0.05, 0.1) is 5.69 Å². The smallest absolute Gasteiger partial charge is 0.207 e. The first kappa shape index (κ1) is 13.5. The number of anilines is 2. The van der Waals surface area contributed by atoms with Crippen LogP contribution in [0.1, 0.15) is 31.1 Å². The molecular weight excluding hydrogens is 248 g/mol. The minimum absolute atomic E-state index is 0.152. The average molecular weight is 265 g/mol. The lowest BCUT2D eigenvalue weighted by Gasteiger charge is -2.14. The summed E-state index contributed by atoms with van der Waals surface area (Å²) in [5.74, 6) is -0.772. The first-order valence-corrected chi connectivity index (χ1v) is 6.17. The summed E-state index contributed by atoms with van der Waals surface area (Å²) in [5.41, 5.74) is 1.03. The van der Waals surface area contributed by atoms with Crippen molar-refractivity contribution in [1.82, 2.24) is 9.55 Å². The van der Waals surface area contributed by atoms with E-state index < -0.39 is 11.6 Å². The van der Waals surface area contributed by atoms with E-state index in [4.69, 9.17) is 0 Å². The fourth-order valence-corrected chi connectivity index (χ4v) is 1.89. The molecule has 2 rings (SSSR count). The van der Waals surface area contributed by atoms with E-state index in [0.29, 0.717) is 11.5 Å². The first-order chi connectivity index (χ1) is 8.90. The molecular formula is C14H17F2N3. The van der Waals surface area contributed by atoms with Crippen LogP contribution in [-0.4, -0.2) is 9.55 Å². The van der Waals surface area contributed by atoms with E-state index >= 15 is 0 Å². The van der Waals surface area contributed by atoms with Gasteiger partial charge in [0.2, 0.25) is 5.95 Å². The van der Waals surface area contributed by atoms with Crippen LogP contribution in [0.3, 0.4) is 0 Å². The Balaban J connectivity index is 2.44. The van der Waals surface area contributed by atoms with Crippen molar-refractivity contribution < 1.29 is 8.78 Å². The van der Waals surface area contributed by atoms with E-state index in [0.717, 1.165) is 5.69 Å². The topological polar surface area (TPSA) is 29.9 Å². The van der Waals surface area contributed by atoms with Crippen LogP contribution in [0.2, 0.25) is 0 Å². The summed E-state index contributed by atoms with van der Waals surface area (Å²) < 4.78 is 29.5. The number of hydrogen-bond acceptors (Lipinski definition) is 2. The molecule has 19 heavy (non-hydrogen) atoms.